The van der Waals surface area contributed by atoms with Crippen molar-refractivity contribution in [2.45, 2.75) is 64.8 Å². The fraction of sp³-hybridized carbons (Fsp3) is 0.708. The van der Waals surface area contributed by atoms with Gasteiger partial charge < -0.3 is 40.7 Å². The monoisotopic (exact) mass is 576 g/mol. The van der Waals surface area contributed by atoms with Crippen molar-refractivity contribution in [2.24, 2.45) is 11.7 Å². The maximum absolute atomic E-state index is 13.2. The second-order valence-electron chi connectivity index (χ2n) is 10.5. The molecule has 1 heterocycles. The second kappa shape index (κ2) is 15.3. The molecule has 1 rings (SSSR count). The molecule has 2 amide bonds. The third kappa shape index (κ3) is 13.0. The van der Waals surface area contributed by atoms with E-state index in [9.17, 15) is 24.0 Å². The summed E-state index contributed by atoms with van der Waals surface area (Å²) in [6.07, 6.45) is -0.200. The van der Waals surface area contributed by atoms with Crippen LogP contribution in [0.4, 0.5) is 4.79 Å². The minimum Gasteiger partial charge on any atom is -0.467 e. The Morgan fingerprint density at radius 3 is 2.26 bits per heavy atom. The van der Waals surface area contributed by atoms with E-state index in [2.05, 4.69) is 16.0 Å². The summed E-state index contributed by atoms with van der Waals surface area (Å²) >= 11 is 2.24. The van der Waals surface area contributed by atoms with Gasteiger partial charge in [0.2, 0.25) is 0 Å². The van der Waals surface area contributed by atoms with Gasteiger partial charge in [-0.3, -0.25) is 9.59 Å². The molecule has 0 fully saturated rings. The Morgan fingerprint density at radius 2 is 1.71 bits per heavy atom. The molecule has 0 bridgehead atoms. The third-order valence-electron chi connectivity index (χ3n) is 4.58. The second-order valence-corrected chi connectivity index (χ2v) is 12.6. The molecule has 0 aromatic carbocycles. The Morgan fingerprint density at radius 1 is 1.08 bits per heavy atom. The molecule has 5 N–H and O–H groups in total. The van der Waals surface area contributed by atoms with Crippen molar-refractivity contribution < 1.29 is 38.2 Å². The predicted octanol–water partition coefficient (Wildman–Crippen LogP) is 0.934. The van der Waals surface area contributed by atoms with Gasteiger partial charge in [-0.25, -0.2) is 9.59 Å². The van der Waals surface area contributed by atoms with Crippen LogP contribution in [0.15, 0.2) is 9.81 Å². The number of carbonyl (C=O) groups excluding carboxylic acids is 5. The van der Waals surface area contributed by atoms with E-state index in [4.69, 9.17) is 19.9 Å². The Balaban J connectivity index is 3.15. The van der Waals surface area contributed by atoms with E-state index in [1.165, 1.54) is 18.9 Å². The highest BCUT2D eigenvalue weighted by atomic mass is 32.2. The topological polar surface area (TPSA) is 175 Å². The summed E-state index contributed by atoms with van der Waals surface area (Å²) in [4.78, 5) is 62.4. The SMILES string of the molecule is COC(=O)C(CS/C1=C(\SCC(N)C=O)CNCC(C(=O)OC(C)(C)C)CNC1=O)NC(=O)OC(C)(C)C. The summed E-state index contributed by atoms with van der Waals surface area (Å²) < 4.78 is 15.5. The van der Waals surface area contributed by atoms with Crippen LogP contribution in [0.3, 0.4) is 0 Å². The number of hydrogen-bond acceptors (Lipinski definition) is 12. The molecule has 3 atom stereocenters. The van der Waals surface area contributed by atoms with Gasteiger partial charge >= 0.3 is 18.0 Å². The van der Waals surface area contributed by atoms with E-state index in [1.54, 1.807) is 41.5 Å². The highest BCUT2D eigenvalue weighted by Crippen LogP contribution is 2.30. The van der Waals surface area contributed by atoms with Crippen LogP contribution in [0, 0.1) is 5.92 Å². The molecule has 0 aromatic heterocycles. The minimum atomic E-state index is -1.11. The minimum absolute atomic E-state index is 0.0210. The zero-order valence-electron chi connectivity index (χ0n) is 23.0. The Bertz CT molecular complexity index is 899. The van der Waals surface area contributed by atoms with Crippen LogP contribution in [-0.2, 0) is 33.4 Å². The number of hydrogen-bond donors (Lipinski definition) is 4. The standard InChI is InChI=1S/C24H40N4O8S2/c1-23(2,3)35-20(31)14-8-26-10-17(37-12-15(25)11-29)18(19(30)27-9-14)38-13-16(21(32)34-7)28-22(33)36-24(4,5)6/h11,14-16,26H,8-10,12-13,25H2,1-7H3,(H,27,30)(H,28,33)/b18-17-. The fourth-order valence-electron chi connectivity index (χ4n) is 2.91. The number of methoxy groups -OCH3 is 1. The number of esters is 2. The third-order valence-corrected chi connectivity index (χ3v) is 7.18. The van der Waals surface area contributed by atoms with E-state index < -0.39 is 53.1 Å². The molecule has 1 aliphatic heterocycles. The van der Waals surface area contributed by atoms with E-state index in [0.29, 0.717) is 11.2 Å². The van der Waals surface area contributed by atoms with Gasteiger partial charge in [-0.1, -0.05) is 0 Å². The van der Waals surface area contributed by atoms with Crippen LogP contribution < -0.4 is 21.7 Å². The molecular weight excluding hydrogens is 536 g/mol. The average Bonchev–Trinajstić information content (AvgIpc) is 2.86. The lowest BCUT2D eigenvalue weighted by atomic mass is 10.1. The lowest BCUT2D eigenvalue weighted by Gasteiger charge is -2.24. The van der Waals surface area contributed by atoms with E-state index in [0.717, 1.165) is 11.8 Å². The largest absolute Gasteiger partial charge is 0.467 e. The first-order chi connectivity index (χ1) is 17.6. The number of amides is 2. The van der Waals surface area contributed by atoms with E-state index in [-0.39, 0.29) is 36.0 Å². The number of rotatable bonds is 10. The number of nitrogens with two attached hydrogens (primary N) is 1. The summed E-state index contributed by atoms with van der Waals surface area (Å²) in [5.41, 5.74) is 4.29. The van der Waals surface area contributed by atoms with Crippen LogP contribution in [0.1, 0.15) is 41.5 Å². The molecule has 12 nitrogen and oxygen atoms in total. The quantitative estimate of drug-likeness (QED) is 0.165. The van der Waals surface area contributed by atoms with Gasteiger partial charge in [-0.05, 0) is 41.5 Å². The highest BCUT2D eigenvalue weighted by molar-refractivity contribution is 8.07. The van der Waals surface area contributed by atoms with Gasteiger partial charge in [0.25, 0.3) is 5.91 Å². The van der Waals surface area contributed by atoms with Gasteiger partial charge in [0, 0.05) is 36.0 Å². The van der Waals surface area contributed by atoms with Gasteiger partial charge in [-0.15, -0.1) is 23.5 Å². The Labute approximate surface area is 232 Å². The van der Waals surface area contributed by atoms with Crippen LogP contribution in [0.2, 0.25) is 0 Å². The predicted molar refractivity (Wildman–Crippen MR) is 146 cm³/mol. The molecule has 0 saturated heterocycles. The maximum Gasteiger partial charge on any atom is 0.408 e. The van der Waals surface area contributed by atoms with Gasteiger partial charge in [0.05, 0.1) is 24.0 Å². The summed E-state index contributed by atoms with van der Waals surface area (Å²) in [5.74, 6) is -2.12. The zero-order valence-corrected chi connectivity index (χ0v) is 24.6. The smallest absolute Gasteiger partial charge is 0.408 e. The maximum atomic E-state index is 13.2. The van der Waals surface area contributed by atoms with Gasteiger partial charge in [0.15, 0.2) is 0 Å². The molecule has 0 spiro atoms. The van der Waals surface area contributed by atoms with Crippen molar-refractivity contribution in [3.8, 4) is 0 Å². The molecule has 14 heteroatoms. The van der Waals surface area contributed by atoms with Gasteiger partial charge in [0.1, 0.15) is 23.5 Å². The first-order valence-corrected chi connectivity index (χ1v) is 14.0. The lowest BCUT2D eigenvalue weighted by molar-refractivity contribution is -0.159. The summed E-state index contributed by atoms with van der Waals surface area (Å²) in [6.45, 7) is 10.8. The molecular formula is C24H40N4O8S2. The number of alkyl carbamates (subject to hydrolysis) is 1. The molecule has 216 valence electrons. The van der Waals surface area contributed by atoms with Crippen molar-refractivity contribution in [3.05, 3.63) is 9.81 Å². The van der Waals surface area contributed by atoms with Crippen molar-refractivity contribution >= 4 is 53.7 Å². The summed E-state index contributed by atoms with van der Waals surface area (Å²) in [6, 6.07) is -1.86. The van der Waals surface area contributed by atoms with Crippen LogP contribution >= 0.6 is 23.5 Å². The molecule has 0 aliphatic carbocycles. The van der Waals surface area contributed by atoms with Crippen molar-refractivity contribution in [1.29, 1.82) is 0 Å². The average molecular weight is 577 g/mol. The Hall–Kier alpha value is -2.29. The first kappa shape index (κ1) is 33.7. The van der Waals surface area contributed by atoms with Crippen molar-refractivity contribution in [1.82, 2.24) is 16.0 Å². The zero-order chi connectivity index (χ0) is 29.1. The number of ether oxygens (including phenoxy) is 3. The normalized spacial score (nSPS) is 20.5. The summed E-state index contributed by atoms with van der Waals surface area (Å²) in [7, 11) is 1.19. The summed E-state index contributed by atoms with van der Waals surface area (Å²) in [5, 5.41) is 8.41. The number of aldehydes is 1. The molecule has 0 aromatic rings. The van der Waals surface area contributed by atoms with Gasteiger partial charge in [-0.2, -0.15) is 0 Å². The van der Waals surface area contributed by atoms with Crippen molar-refractivity contribution in [2.75, 3.05) is 38.2 Å². The number of nitrogens with one attached hydrogen (secondary N) is 3. The van der Waals surface area contributed by atoms with Crippen molar-refractivity contribution in [3.63, 3.8) is 0 Å². The molecule has 38 heavy (non-hydrogen) atoms. The Kier molecular flexibility index (Phi) is 13.6. The first-order valence-electron chi connectivity index (χ1n) is 12.0. The highest BCUT2D eigenvalue weighted by Gasteiger charge is 2.30. The number of carbonyl (C=O) groups is 5. The molecule has 0 radical (unpaired) electrons. The van der Waals surface area contributed by atoms with Crippen LogP contribution in [-0.4, -0.2) is 91.8 Å². The van der Waals surface area contributed by atoms with Crippen LogP contribution in [0.5, 0.6) is 0 Å². The molecule has 0 saturated carbocycles. The molecule has 3 unspecified atom stereocenters. The number of thioether (sulfide) groups is 2. The fourth-order valence-corrected chi connectivity index (χ4v) is 5.16. The van der Waals surface area contributed by atoms with E-state index >= 15 is 0 Å². The van der Waals surface area contributed by atoms with Crippen LogP contribution in [0.25, 0.3) is 0 Å². The van der Waals surface area contributed by atoms with E-state index in [1.807, 2.05) is 0 Å². The molecule has 1 aliphatic rings. The lowest BCUT2D eigenvalue weighted by Crippen LogP contribution is -2.45.